The molecule has 260 valence electrons. The van der Waals surface area contributed by atoms with Gasteiger partial charge in [-0.3, -0.25) is 20.1 Å². The topological polar surface area (TPSA) is 148 Å². The third-order valence-electron chi connectivity index (χ3n) is 7.39. The predicted octanol–water partition coefficient (Wildman–Crippen LogP) is 7.51. The fraction of sp³-hybridized carbons (Fsp3) is 0.400. The fourth-order valence-corrected chi connectivity index (χ4v) is 5.65. The van der Waals surface area contributed by atoms with Gasteiger partial charge in [0.1, 0.15) is 33.9 Å². The largest absolute Gasteiger partial charge is 0.444 e. The maximum absolute atomic E-state index is 14.6. The second kappa shape index (κ2) is 13.7. The van der Waals surface area contributed by atoms with Crippen LogP contribution >= 0.6 is 0 Å². The van der Waals surface area contributed by atoms with Crippen LogP contribution in [0.25, 0.3) is 22.2 Å². The van der Waals surface area contributed by atoms with Crippen LogP contribution in [0, 0.1) is 17.6 Å². The molecule has 3 N–H and O–H groups in total. The highest BCUT2D eigenvalue weighted by Crippen LogP contribution is 2.36. The molecule has 1 aliphatic heterocycles. The average Bonchev–Trinajstić information content (AvgIpc) is 3.32. The van der Waals surface area contributed by atoms with E-state index in [-0.39, 0.29) is 45.6 Å². The van der Waals surface area contributed by atoms with Crippen molar-refractivity contribution in [3.63, 3.8) is 0 Å². The Bertz CT molecular complexity index is 1860. The third kappa shape index (κ3) is 8.61. The van der Waals surface area contributed by atoms with Gasteiger partial charge in [0.2, 0.25) is 5.88 Å². The zero-order valence-corrected chi connectivity index (χ0v) is 28.4. The van der Waals surface area contributed by atoms with Gasteiger partial charge in [-0.25, -0.2) is 18.4 Å². The Morgan fingerprint density at radius 2 is 1.61 bits per heavy atom. The molecule has 3 amide bonds. The summed E-state index contributed by atoms with van der Waals surface area (Å²) in [6, 6.07) is 6.33. The van der Waals surface area contributed by atoms with Gasteiger partial charge in [-0.2, -0.15) is 0 Å². The molecule has 12 nitrogen and oxygen atoms in total. The Morgan fingerprint density at radius 1 is 0.939 bits per heavy atom. The molecule has 1 aliphatic rings. The molecule has 1 saturated heterocycles. The van der Waals surface area contributed by atoms with E-state index < -0.39 is 40.9 Å². The molecule has 5 rings (SSSR count). The van der Waals surface area contributed by atoms with E-state index in [1.807, 2.05) is 4.90 Å². The summed E-state index contributed by atoms with van der Waals surface area (Å²) in [5.74, 6) is -2.41. The van der Waals surface area contributed by atoms with Crippen molar-refractivity contribution in [2.45, 2.75) is 72.1 Å². The van der Waals surface area contributed by atoms with E-state index in [1.165, 1.54) is 24.5 Å². The molecule has 0 saturated carbocycles. The monoisotopic (exact) mass is 678 g/mol. The number of benzene rings is 1. The molecule has 49 heavy (non-hydrogen) atoms. The lowest BCUT2D eigenvalue weighted by Gasteiger charge is -2.39. The highest BCUT2D eigenvalue weighted by molar-refractivity contribution is 6.17. The molecule has 14 heteroatoms. The Balaban J connectivity index is 1.47. The molecule has 2 atom stereocenters. The van der Waals surface area contributed by atoms with Gasteiger partial charge in [0.05, 0.1) is 23.1 Å². The first-order valence-electron chi connectivity index (χ1n) is 15.8. The number of alkyl carbamates (subject to hydrolysis) is 1. The molecular weight excluding hydrogens is 638 g/mol. The lowest BCUT2D eigenvalue weighted by atomic mass is 9.95. The summed E-state index contributed by atoms with van der Waals surface area (Å²) in [5, 5.41) is 8.28. The van der Waals surface area contributed by atoms with E-state index in [2.05, 4.69) is 32.8 Å². The van der Waals surface area contributed by atoms with E-state index >= 15 is 0 Å². The zero-order chi connectivity index (χ0) is 35.7. The molecule has 4 aromatic rings. The Hall–Kier alpha value is -5.27. The number of amides is 3. The first-order chi connectivity index (χ1) is 23.0. The van der Waals surface area contributed by atoms with Crippen LogP contribution in [-0.4, -0.2) is 58.4 Å². The number of nitrogens with one attached hydrogen (secondary N) is 3. The Labute approximate surface area is 282 Å². The highest BCUT2D eigenvalue weighted by atomic mass is 19.1. The van der Waals surface area contributed by atoms with Crippen LogP contribution < -0.4 is 20.9 Å². The van der Waals surface area contributed by atoms with Crippen molar-refractivity contribution >= 4 is 46.5 Å². The minimum atomic E-state index is -0.895. The summed E-state index contributed by atoms with van der Waals surface area (Å²) < 4.78 is 45.9. The smallest absolute Gasteiger partial charge is 0.414 e. The van der Waals surface area contributed by atoms with Crippen molar-refractivity contribution in [2.24, 2.45) is 5.92 Å². The van der Waals surface area contributed by atoms with Crippen molar-refractivity contribution < 1.29 is 37.1 Å². The van der Waals surface area contributed by atoms with Crippen molar-refractivity contribution in [3.8, 4) is 11.1 Å². The number of rotatable bonds is 6. The van der Waals surface area contributed by atoms with Gasteiger partial charge in [0.15, 0.2) is 5.58 Å². The number of hydrogen-bond donors (Lipinski definition) is 3. The first-order valence-corrected chi connectivity index (χ1v) is 15.8. The van der Waals surface area contributed by atoms with Gasteiger partial charge < -0.3 is 29.4 Å². The molecule has 0 radical (unpaired) electrons. The van der Waals surface area contributed by atoms with Gasteiger partial charge in [-0.05, 0) is 78.1 Å². The van der Waals surface area contributed by atoms with Crippen LogP contribution in [0.1, 0.15) is 65.2 Å². The van der Waals surface area contributed by atoms with Gasteiger partial charge in [-0.15, -0.1) is 0 Å². The number of hydrogen-bond acceptors (Lipinski definition) is 9. The number of fused-ring (bicyclic) bond motifs is 1. The summed E-state index contributed by atoms with van der Waals surface area (Å²) in [7, 11) is 0. The van der Waals surface area contributed by atoms with Crippen LogP contribution in [0.3, 0.4) is 0 Å². The number of anilines is 3. The lowest BCUT2D eigenvalue weighted by Crippen LogP contribution is -2.51. The van der Waals surface area contributed by atoms with Gasteiger partial charge in [0, 0.05) is 37.1 Å². The highest BCUT2D eigenvalue weighted by Gasteiger charge is 2.31. The van der Waals surface area contributed by atoms with Crippen LogP contribution in [0.4, 0.5) is 35.6 Å². The van der Waals surface area contributed by atoms with Gasteiger partial charge in [0.25, 0.3) is 5.91 Å². The molecule has 2 unspecified atom stereocenters. The van der Waals surface area contributed by atoms with Crippen LogP contribution in [0.15, 0.2) is 53.3 Å². The number of aromatic nitrogens is 2. The number of carbonyl (C=O) groups is 3. The van der Waals surface area contributed by atoms with Gasteiger partial charge >= 0.3 is 12.2 Å². The summed E-state index contributed by atoms with van der Waals surface area (Å²) in [6.45, 7) is 13.5. The molecule has 3 aromatic heterocycles. The zero-order valence-electron chi connectivity index (χ0n) is 28.4. The molecule has 0 aliphatic carbocycles. The van der Waals surface area contributed by atoms with Crippen molar-refractivity contribution in [2.75, 3.05) is 28.6 Å². The van der Waals surface area contributed by atoms with Crippen LogP contribution in [0.5, 0.6) is 0 Å². The first kappa shape index (κ1) is 35.0. The summed E-state index contributed by atoms with van der Waals surface area (Å²) in [5.41, 5.74) is -0.901. The number of ether oxygens (including phenoxy) is 2. The second-order valence-electron chi connectivity index (χ2n) is 14.0. The van der Waals surface area contributed by atoms with E-state index in [4.69, 9.17) is 13.9 Å². The number of carbonyl (C=O) groups excluding carboxylic acids is 3. The SMILES string of the molecule is CC1CC(NC(=O)OC(C)(C)C)CN(c2ccncc2NC(=O)c2c(NC(=O)OC(C)(C)C)oc3cc(-c4c(F)cccc4F)cnc23)C1. The molecular formula is C35H40F2N6O6. The average molecular weight is 679 g/mol. The predicted molar refractivity (Wildman–Crippen MR) is 181 cm³/mol. The van der Waals surface area contributed by atoms with E-state index in [0.717, 1.165) is 18.6 Å². The maximum atomic E-state index is 14.6. The summed E-state index contributed by atoms with van der Waals surface area (Å²) in [4.78, 5) is 49.9. The molecule has 1 fully saturated rings. The Morgan fingerprint density at radius 3 is 2.29 bits per heavy atom. The molecule has 1 aromatic carbocycles. The third-order valence-corrected chi connectivity index (χ3v) is 7.39. The quantitative estimate of drug-likeness (QED) is 0.188. The van der Waals surface area contributed by atoms with E-state index in [9.17, 15) is 23.2 Å². The second-order valence-corrected chi connectivity index (χ2v) is 14.0. The lowest BCUT2D eigenvalue weighted by molar-refractivity contribution is 0.0494. The number of nitrogens with zero attached hydrogens (tertiary/aromatic N) is 3. The molecule has 0 spiro atoms. The maximum Gasteiger partial charge on any atom is 0.414 e. The van der Waals surface area contributed by atoms with E-state index in [1.54, 1.807) is 53.8 Å². The fourth-order valence-electron chi connectivity index (χ4n) is 5.65. The van der Waals surface area contributed by atoms with Crippen molar-refractivity contribution in [3.05, 3.63) is 66.1 Å². The number of halogens is 2. The van der Waals surface area contributed by atoms with Crippen molar-refractivity contribution in [1.29, 1.82) is 0 Å². The molecule has 0 bridgehead atoms. The van der Waals surface area contributed by atoms with Crippen LogP contribution in [-0.2, 0) is 9.47 Å². The van der Waals surface area contributed by atoms with Crippen LogP contribution in [0.2, 0.25) is 0 Å². The Kier molecular flexibility index (Phi) is 9.79. The van der Waals surface area contributed by atoms with Crippen molar-refractivity contribution in [1.82, 2.24) is 15.3 Å². The summed E-state index contributed by atoms with van der Waals surface area (Å²) >= 11 is 0. The standard InChI is InChI=1S/C35H40F2N6O6/c1-19-13-21(40-32(45)48-34(2,3)4)18-43(17-19)25-11-12-38-16-24(25)41-30(44)28-29-26(47-31(28)42-33(46)49-35(5,6)7)14-20(15-39-29)27-22(36)9-8-10-23(27)37/h8-12,14-16,19,21H,13,17-18H2,1-7H3,(H,40,45)(H,41,44)(H,42,46). The molecule has 4 heterocycles. The normalized spacial score (nSPS) is 16.6. The number of piperidine rings is 1. The van der Waals surface area contributed by atoms with E-state index in [0.29, 0.717) is 24.5 Å². The summed E-state index contributed by atoms with van der Waals surface area (Å²) in [6.07, 6.45) is 3.62. The minimum absolute atomic E-state index is 0.0105. The number of pyridine rings is 2. The van der Waals surface area contributed by atoms with Gasteiger partial charge in [-0.1, -0.05) is 13.0 Å². The minimum Gasteiger partial charge on any atom is -0.444 e. The number of furan rings is 1.